The van der Waals surface area contributed by atoms with Crippen LogP contribution in [0.2, 0.25) is 19.1 Å². The molecule has 1 nitrogen and oxygen atoms in total. The van der Waals surface area contributed by atoms with Gasteiger partial charge in [-0.25, -0.2) is 0 Å². The highest BCUT2D eigenvalue weighted by Gasteiger charge is 2.18. The van der Waals surface area contributed by atoms with Gasteiger partial charge < -0.3 is 0 Å². The molecule has 0 aromatic rings. The number of hydrogen-bond acceptors (Lipinski definition) is 0. The van der Waals surface area contributed by atoms with Crippen LogP contribution in [0.5, 0.6) is 0 Å². The van der Waals surface area contributed by atoms with Crippen LogP contribution < -0.4 is 0 Å². The van der Waals surface area contributed by atoms with E-state index in [0.717, 1.165) is 6.04 Å². The molecule has 0 bridgehead atoms. The maximum absolute atomic E-state index is 11.5. The molecule has 0 fully saturated rings. The van der Waals surface area contributed by atoms with Gasteiger partial charge in [-0.3, -0.25) is 4.80 Å². The van der Waals surface area contributed by atoms with Crippen LogP contribution in [0.15, 0.2) is 0 Å². The van der Waals surface area contributed by atoms with Crippen molar-refractivity contribution in [3.05, 3.63) is 0 Å². The fourth-order valence-electron chi connectivity index (χ4n) is 2.39. The van der Waals surface area contributed by atoms with E-state index in [2.05, 4.69) is 6.92 Å². The van der Waals surface area contributed by atoms with Gasteiger partial charge in [0, 0.05) is 0 Å². The molecule has 0 aliphatic heterocycles. The molecule has 0 spiro atoms. The fraction of sp³-hybridized carbons (Fsp3) is 1.00. The van der Waals surface area contributed by atoms with Crippen LogP contribution in [-0.4, -0.2) is 8.32 Å². The van der Waals surface area contributed by atoms with E-state index in [1.54, 1.807) is 0 Å². The van der Waals surface area contributed by atoms with Gasteiger partial charge in [0.2, 0.25) is 8.32 Å². The molecule has 2 heteroatoms. The van der Waals surface area contributed by atoms with Gasteiger partial charge in [-0.2, -0.15) is 0 Å². The summed E-state index contributed by atoms with van der Waals surface area (Å²) in [5.74, 6) is 0. The molecule has 0 amide bonds. The van der Waals surface area contributed by atoms with Crippen LogP contribution >= 0.6 is 0 Å². The van der Waals surface area contributed by atoms with E-state index in [4.69, 9.17) is 0 Å². The Morgan fingerprint density at radius 2 is 0.944 bits per heavy atom. The lowest BCUT2D eigenvalue weighted by atomic mass is 10.1. The lowest BCUT2D eigenvalue weighted by Gasteiger charge is -2.10. The maximum Gasteiger partial charge on any atom is 0.231 e. The zero-order valence-electron chi connectivity index (χ0n) is 13.1. The van der Waals surface area contributed by atoms with Crippen LogP contribution in [0.3, 0.4) is 0 Å². The highest BCUT2D eigenvalue weighted by atomic mass is 28.4. The summed E-state index contributed by atoms with van der Waals surface area (Å²) in [6.07, 6.45) is 16.6. The molecule has 18 heavy (non-hydrogen) atoms. The molecule has 0 aromatic carbocycles. The summed E-state index contributed by atoms with van der Waals surface area (Å²) in [5, 5.41) is 0. The Labute approximate surface area is 117 Å². The van der Waals surface area contributed by atoms with Gasteiger partial charge in [0.25, 0.3) is 0 Å². The first-order valence-electron chi connectivity index (χ1n) is 8.26. The summed E-state index contributed by atoms with van der Waals surface area (Å²) < 4.78 is 0. The number of rotatable bonds is 13. The predicted octanol–water partition coefficient (Wildman–Crippen LogP) is 6.32. The van der Waals surface area contributed by atoms with E-state index in [1.807, 2.05) is 13.1 Å². The smallest absolute Gasteiger partial charge is 0.231 e. The van der Waals surface area contributed by atoms with E-state index >= 15 is 0 Å². The SMILES string of the molecule is CCCCCCCCCCCCCC[Si](C)(C)[O]. The second kappa shape index (κ2) is 12.2. The average Bonchev–Trinajstić information content (AvgIpc) is 2.29. The first-order valence-corrected chi connectivity index (χ1v) is 11.4. The minimum Gasteiger partial charge on any atom is -0.298 e. The van der Waals surface area contributed by atoms with Crippen molar-refractivity contribution in [2.24, 2.45) is 0 Å². The van der Waals surface area contributed by atoms with E-state index in [9.17, 15) is 4.80 Å². The number of hydrogen-bond donors (Lipinski definition) is 0. The molecule has 0 rings (SSSR count). The van der Waals surface area contributed by atoms with Crippen LogP contribution in [-0.2, 0) is 4.80 Å². The lowest BCUT2D eigenvalue weighted by Crippen LogP contribution is -2.21. The standard InChI is InChI=1S/C16H35OSi/c1-4-5-6-7-8-9-10-11-12-13-14-15-16-18(2,3)17/h4-16H2,1-3H3. The van der Waals surface area contributed by atoms with Crippen LogP contribution in [0.25, 0.3) is 0 Å². The van der Waals surface area contributed by atoms with Crippen molar-refractivity contribution >= 4 is 8.32 Å². The highest BCUT2D eigenvalue weighted by Crippen LogP contribution is 2.15. The van der Waals surface area contributed by atoms with Crippen molar-refractivity contribution in [3.63, 3.8) is 0 Å². The van der Waals surface area contributed by atoms with E-state index in [-0.39, 0.29) is 0 Å². The Hall–Kier alpha value is 0.177. The Kier molecular flexibility index (Phi) is 12.3. The third-order valence-electron chi connectivity index (χ3n) is 3.63. The quantitative estimate of drug-likeness (QED) is 0.276. The molecule has 0 atom stereocenters. The van der Waals surface area contributed by atoms with Crippen molar-refractivity contribution in [1.82, 2.24) is 0 Å². The highest BCUT2D eigenvalue weighted by molar-refractivity contribution is 6.69. The minimum atomic E-state index is -2.00. The van der Waals surface area contributed by atoms with Crippen molar-refractivity contribution < 1.29 is 4.80 Å². The molecule has 1 radical (unpaired) electrons. The fourth-order valence-corrected chi connectivity index (χ4v) is 3.49. The second-order valence-electron chi connectivity index (χ2n) is 6.40. The topological polar surface area (TPSA) is 19.9 Å². The molecule has 0 N–H and O–H groups in total. The molecular weight excluding hydrogens is 236 g/mol. The zero-order valence-corrected chi connectivity index (χ0v) is 14.1. The summed E-state index contributed by atoms with van der Waals surface area (Å²) in [6, 6.07) is 0.977. The van der Waals surface area contributed by atoms with Gasteiger partial charge in [0.1, 0.15) is 0 Å². The lowest BCUT2D eigenvalue weighted by molar-refractivity contribution is 0.423. The summed E-state index contributed by atoms with van der Waals surface area (Å²) in [7, 11) is -2.00. The molecule has 0 heterocycles. The van der Waals surface area contributed by atoms with Gasteiger partial charge in [-0.1, -0.05) is 84.0 Å². The average molecular weight is 272 g/mol. The first kappa shape index (κ1) is 18.2. The van der Waals surface area contributed by atoms with Crippen LogP contribution in [0.1, 0.15) is 84.0 Å². The van der Waals surface area contributed by atoms with Crippen molar-refractivity contribution in [1.29, 1.82) is 0 Å². The van der Waals surface area contributed by atoms with E-state index in [1.165, 1.54) is 77.0 Å². The Morgan fingerprint density at radius 3 is 1.28 bits per heavy atom. The van der Waals surface area contributed by atoms with Crippen LogP contribution in [0, 0.1) is 0 Å². The summed E-state index contributed by atoms with van der Waals surface area (Å²) in [4.78, 5) is 11.5. The van der Waals surface area contributed by atoms with E-state index in [0.29, 0.717) is 0 Å². The zero-order chi connectivity index (χ0) is 13.7. The first-order chi connectivity index (χ1) is 8.56. The van der Waals surface area contributed by atoms with Crippen molar-refractivity contribution in [3.8, 4) is 0 Å². The van der Waals surface area contributed by atoms with Gasteiger partial charge in [0.15, 0.2) is 0 Å². The van der Waals surface area contributed by atoms with Crippen molar-refractivity contribution in [2.75, 3.05) is 0 Å². The van der Waals surface area contributed by atoms with Crippen molar-refractivity contribution in [2.45, 2.75) is 103 Å². The van der Waals surface area contributed by atoms with Gasteiger partial charge in [-0.05, 0) is 19.1 Å². The van der Waals surface area contributed by atoms with Gasteiger partial charge in [-0.15, -0.1) is 0 Å². The Balaban J connectivity index is 2.99. The molecular formula is C16H35OSi. The maximum atomic E-state index is 11.5. The van der Waals surface area contributed by atoms with Crippen LogP contribution in [0.4, 0.5) is 0 Å². The summed E-state index contributed by atoms with van der Waals surface area (Å²) in [6.45, 7) is 6.15. The third-order valence-corrected chi connectivity index (χ3v) is 5.19. The monoisotopic (exact) mass is 271 g/mol. The van der Waals surface area contributed by atoms with Gasteiger partial charge in [0.05, 0.1) is 0 Å². The molecule has 0 saturated carbocycles. The van der Waals surface area contributed by atoms with E-state index < -0.39 is 8.32 Å². The minimum absolute atomic E-state index is 0.977. The second-order valence-corrected chi connectivity index (χ2v) is 10.4. The Bertz CT molecular complexity index is 163. The molecule has 0 unspecified atom stereocenters. The number of unbranched alkanes of at least 4 members (excludes halogenated alkanes) is 11. The molecule has 0 aromatic heterocycles. The third kappa shape index (κ3) is 16.2. The normalized spacial score (nSPS) is 12.0. The molecule has 0 aliphatic rings. The molecule has 0 aliphatic carbocycles. The largest absolute Gasteiger partial charge is 0.298 e. The summed E-state index contributed by atoms with van der Waals surface area (Å²) >= 11 is 0. The predicted molar refractivity (Wildman–Crippen MR) is 84.1 cm³/mol. The Morgan fingerprint density at radius 1 is 0.611 bits per heavy atom. The molecule has 109 valence electrons. The summed E-state index contributed by atoms with van der Waals surface area (Å²) in [5.41, 5.74) is 0. The van der Waals surface area contributed by atoms with Gasteiger partial charge >= 0.3 is 0 Å². The molecule has 0 saturated heterocycles.